The molecule has 1 aromatic rings. The molecule has 1 aliphatic rings. The molecule has 2 rings (SSSR count). The number of aliphatic imine (C=N–C) groups is 1. The molecule has 0 unspecified atom stereocenters. The lowest BCUT2D eigenvalue weighted by atomic mass is 9.99. The van der Waals surface area contributed by atoms with Gasteiger partial charge < -0.3 is 4.98 Å². The van der Waals surface area contributed by atoms with Crippen molar-refractivity contribution in [1.82, 2.24) is 4.98 Å². The quantitative estimate of drug-likeness (QED) is 0.789. The maximum absolute atomic E-state index is 4.81. The van der Waals surface area contributed by atoms with E-state index in [9.17, 15) is 0 Å². The number of aromatic amines is 1. The van der Waals surface area contributed by atoms with Gasteiger partial charge in [-0.2, -0.15) is 0 Å². The van der Waals surface area contributed by atoms with Crippen LogP contribution < -0.4 is 0 Å². The molecule has 1 N–H and O–H groups in total. The van der Waals surface area contributed by atoms with Crippen LogP contribution in [0.2, 0.25) is 0 Å². The second kappa shape index (κ2) is 5.43. The van der Waals surface area contributed by atoms with Crippen LogP contribution >= 0.6 is 0 Å². The lowest BCUT2D eigenvalue weighted by Gasteiger charge is -2.07. The Bertz CT molecular complexity index is 637. The van der Waals surface area contributed by atoms with Gasteiger partial charge in [0.15, 0.2) is 0 Å². The van der Waals surface area contributed by atoms with Crippen molar-refractivity contribution in [3.63, 3.8) is 0 Å². The van der Waals surface area contributed by atoms with Crippen LogP contribution in [0.25, 0.3) is 5.57 Å². The van der Waals surface area contributed by atoms with Crippen LogP contribution in [0, 0.1) is 13.8 Å². The molecule has 2 nitrogen and oxygen atoms in total. The lowest BCUT2D eigenvalue weighted by molar-refractivity contribution is 1.08. The van der Waals surface area contributed by atoms with Gasteiger partial charge in [0, 0.05) is 17.1 Å². The second-order valence-corrected chi connectivity index (χ2v) is 5.71. The third-order valence-electron chi connectivity index (χ3n) is 4.55. The lowest BCUT2D eigenvalue weighted by Crippen LogP contribution is -1.92. The molecular formula is C18H26N2. The zero-order valence-electron chi connectivity index (χ0n) is 13.9. The minimum Gasteiger partial charge on any atom is -0.358 e. The summed E-state index contributed by atoms with van der Waals surface area (Å²) in [7, 11) is 0. The van der Waals surface area contributed by atoms with E-state index in [-0.39, 0.29) is 0 Å². The predicted molar refractivity (Wildman–Crippen MR) is 88.3 cm³/mol. The first-order valence-corrected chi connectivity index (χ1v) is 7.57. The molecular weight excluding hydrogens is 244 g/mol. The Hall–Kier alpha value is -1.57. The SMILES string of the molecule is CCC1=C(C)/C(=C(/C)c2[nH]c(C)c(CC)c2C)N=C1C. The van der Waals surface area contributed by atoms with Crippen LogP contribution in [-0.4, -0.2) is 10.7 Å². The minimum atomic E-state index is 1.06. The molecule has 0 amide bonds. The number of H-pyrrole nitrogens is 1. The Kier molecular flexibility index (Phi) is 4.03. The van der Waals surface area contributed by atoms with E-state index in [0.717, 1.165) is 18.5 Å². The fourth-order valence-corrected chi connectivity index (χ4v) is 3.43. The van der Waals surface area contributed by atoms with Crippen LogP contribution in [0.1, 0.15) is 63.6 Å². The summed E-state index contributed by atoms with van der Waals surface area (Å²) >= 11 is 0. The highest BCUT2D eigenvalue weighted by Gasteiger charge is 2.20. The smallest absolute Gasteiger partial charge is 0.0715 e. The van der Waals surface area contributed by atoms with E-state index in [1.165, 1.54) is 44.9 Å². The molecule has 0 saturated carbocycles. The number of hydrogen-bond donors (Lipinski definition) is 1. The van der Waals surface area contributed by atoms with Crippen molar-refractivity contribution in [3.8, 4) is 0 Å². The van der Waals surface area contributed by atoms with Gasteiger partial charge in [-0.3, -0.25) is 4.99 Å². The third kappa shape index (κ3) is 2.17. The molecule has 2 heterocycles. The molecule has 0 saturated heterocycles. The van der Waals surface area contributed by atoms with Crippen molar-refractivity contribution >= 4 is 11.3 Å². The number of aromatic nitrogens is 1. The van der Waals surface area contributed by atoms with E-state index in [0.29, 0.717) is 0 Å². The standard InChI is InChI=1S/C18H26N2/c1-8-15-10(3)17(19-13(15)6)12(5)18-11(4)16(9-2)14(7)20-18/h19H,8-9H2,1-7H3/b18-12+. The molecule has 1 aromatic heterocycles. The molecule has 1 aliphatic heterocycles. The first-order valence-electron chi connectivity index (χ1n) is 7.57. The Morgan fingerprint density at radius 2 is 1.70 bits per heavy atom. The Morgan fingerprint density at radius 3 is 2.15 bits per heavy atom. The van der Waals surface area contributed by atoms with Gasteiger partial charge in [-0.15, -0.1) is 0 Å². The Morgan fingerprint density at radius 1 is 1.05 bits per heavy atom. The van der Waals surface area contributed by atoms with Gasteiger partial charge in [-0.05, 0) is 75.3 Å². The molecule has 0 aromatic carbocycles. The molecule has 0 radical (unpaired) electrons. The molecule has 0 aliphatic carbocycles. The summed E-state index contributed by atoms with van der Waals surface area (Å²) < 4.78 is 0. The number of nitrogens with one attached hydrogen (secondary N) is 1. The summed E-state index contributed by atoms with van der Waals surface area (Å²) in [6.45, 7) is 15.3. The Labute approximate surface area is 122 Å². The van der Waals surface area contributed by atoms with Gasteiger partial charge in [0.1, 0.15) is 0 Å². The predicted octanol–water partition coefficient (Wildman–Crippen LogP) is 5.13. The topological polar surface area (TPSA) is 28.1 Å². The molecule has 0 atom stereocenters. The van der Waals surface area contributed by atoms with Gasteiger partial charge in [0.2, 0.25) is 0 Å². The summed E-state index contributed by atoms with van der Waals surface area (Å²) in [5.74, 6) is 0. The van der Waals surface area contributed by atoms with E-state index in [1.807, 2.05) is 0 Å². The normalized spacial score (nSPS) is 17.9. The maximum Gasteiger partial charge on any atom is 0.0715 e. The van der Waals surface area contributed by atoms with E-state index in [1.54, 1.807) is 0 Å². The van der Waals surface area contributed by atoms with Crippen LogP contribution in [-0.2, 0) is 6.42 Å². The minimum absolute atomic E-state index is 1.06. The number of nitrogens with zero attached hydrogens (tertiary/aromatic N) is 1. The maximum atomic E-state index is 4.81. The molecule has 108 valence electrons. The van der Waals surface area contributed by atoms with Gasteiger partial charge in [-0.25, -0.2) is 0 Å². The van der Waals surface area contributed by atoms with Crippen LogP contribution in [0.15, 0.2) is 21.8 Å². The van der Waals surface area contributed by atoms with Crippen molar-refractivity contribution in [2.45, 2.75) is 61.3 Å². The van der Waals surface area contributed by atoms with E-state index in [4.69, 9.17) is 4.99 Å². The fourth-order valence-electron chi connectivity index (χ4n) is 3.43. The average molecular weight is 270 g/mol. The van der Waals surface area contributed by atoms with E-state index < -0.39 is 0 Å². The van der Waals surface area contributed by atoms with Gasteiger partial charge in [-0.1, -0.05) is 13.8 Å². The van der Waals surface area contributed by atoms with Crippen molar-refractivity contribution in [3.05, 3.63) is 39.4 Å². The van der Waals surface area contributed by atoms with E-state index >= 15 is 0 Å². The molecule has 20 heavy (non-hydrogen) atoms. The largest absolute Gasteiger partial charge is 0.358 e. The average Bonchev–Trinajstić information content (AvgIpc) is 2.85. The van der Waals surface area contributed by atoms with Crippen LogP contribution in [0.3, 0.4) is 0 Å². The number of hydrogen-bond acceptors (Lipinski definition) is 1. The molecule has 0 spiro atoms. The van der Waals surface area contributed by atoms with E-state index in [2.05, 4.69) is 53.5 Å². The van der Waals surface area contributed by atoms with Crippen LogP contribution in [0.4, 0.5) is 0 Å². The van der Waals surface area contributed by atoms with Crippen LogP contribution in [0.5, 0.6) is 0 Å². The summed E-state index contributed by atoms with van der Waals surface area (Å²) in [6, 6.07) is 0. The fraction of sp³-hybridized carbons (Fsp3) is 0.500. The van der Waals surface area contributed by atoms with Gasteiger partial charge >= 0.3 is 0 Å². The zero-order valence-corrected chi connectivity index (χ0v) is 13.9. The van der Waals surface area contributed by atoms with Crippen molar-refractivity contribution in [1.29, 1.82) is 0 Å². The highest BCUT2D eigenvalue weighted by Crippen LogP contribution is 2.34. The summed E-state index contributed by atoms with van der Waals surface area (Å²) in [5.41, 5.74) is 11.7. The monoisotopic (exact) mass is 270 g/mol. The highest BCUT2D eigenvalue weighted by molar-refractivity contribution is 6.04. The molecule has 0 bridgehead atoms. The summed E-state index contributed by atoms with van der Waals surface area (Å²) in [6.07, 6.45) is 2.13. The summed E-state index contributed by atoms with van der Waals surface area (Å²) in [4.78, 5) is 8.37. The molecule has 0 fully saturated rings. The third-order valence-corrected chi connectivity index (χ3v) is 4.55. The first kappa shape index (κ1) is 14.8. The van der Waals surface area contributed by atoms with Crippen molar-refractivity contribution < 1.29 is 0 Å². The number of aryl methyl sites for hydroxylation is 1. The summed E-state index contributed by atoms with van der Waals surface area (Å²) in [5, 5.41) is 0. The number of allylic oxidation sites excluding steroid dienone is 3. The van der Waals surface area contributed by atoms with Gasteiger partial charge in [0.25, 0.3) is 0 Å². The van der Waals surface area contributed by atoms with Gasteiger partial charge in [0.05, 0.1) is 5.70 Å². The first-order chi connectivity index (χ1) is 9.42. The van der Waals surface area contributed by atoms with Crippen molar-refractivity contribution in [2.24, 2.45) is 4.99 Å². The zero-order chi connectivity index (χ0) is 15.0. The second-order valence-electron chi connectivity index (χ2n) is 5.71. The molecule has 2 heteroatoms. The van der Waals surface area contributed by atoms with Crippen molar-refractivity contribution in [2.75, 3.05) is 0 Å². The Balaban J connectivity index is 2.60. The highest BCUT2D eigenvalue weighted by atomic mass is 14.8. The number of rotatable bonds is 3.